The van der Waals surface area contributed by atoms with Gasteiger partial charge in [-0.25, -0.2) is 18.6 Å². The largest absolute Gasteiger partial charge is 0.358 e. The van der Waals surface area contributed by atoms with Gasteiger partial charge in [-0.2, -0.15) is 0 Å². The van der Waals surface area contributed by atoms with Crippen molar-refractivity contribution in [2.24, 2.45) is 5.92 Å². The Hall–Kier alpha value is -3.35. The van der Waals surface area contributed by atoms with E-state index in [2.05, 4.69) is 44.8 Å². The van der Waals surface area contributed by atoms with Crippen molar-refractivity contribution in [2.45, 2.75) is 65.1 Å². The first-order chi connectivity index (χ1) is 18.9. The molecule has 40 heavy (non-hydrogen) atoms. The van der Waals surface area contributed by atoms with Gasteiger partial charge in [-0.15, -0.1) is 0 Å². The Morgan fingerprint density at radius 2 is 1.93 bits per heavy atom. The number of hydrazine groups is 1. The van der Waals surface area contributed by atoms with E-state index in [0.717, 1.165) is 17.2 Å². The highest BCUT2D eigenvalue weighted by molar-refractivity contribution is 7.89. The van der Waals surface area contributed by atoms with Crippen molar-refractivity contribution in [3.05, 3.63) is 47.8 Å². The van der Waals surface area contributed by atoms with Crippen LogP contribution in [-0.4, -0.2) is 73.6 Å². The number of carbonyl (C=O) groups is 3. The monoisotopic (exact) mass is 572 g/mol. The third-order valence-corrected chi connectivity index (χ3v) is 8.06. The van der Waals surface area contributed by atoms with Crippen LogP contribution in [0.25, 0.3) is 16.8 Å². The van der Waals surface area contributed by atoms with Crippen molar-refractivity contribution in [3.63, 3.8) is 0 Å². The molecule has 0 spiro atoms. The Morgan fingerprint density at radius 1 is 1.18 bits per heavy atom. The molecular formula is C28H40N6O5S. The lowest BCUT2D eigenvalue weighted by molar-refractivity contribution is -0.143. The first kappa shape index (κ1) is 31.2. The van der Waals surface area contributed by atoms with E-state index in [1.165, 1.54) is 30.6 Å². The second-order valence-electron chi connectivity index (χ2n) is 10.3. The Balaban J connectivity index is 1.60. The molecule has 1 aliphatic heterocycles. The van der Waals surface area contributed by atoms with Gasteiger partial charge >= 0.3 is 0 Å². The minimum Gasteiger partial charge on any atom is -0.358 e. The summed E-state index contributed by atoms with van der Waals surface area (Å²) in [6.45, 7) is 7.45. The molecule has 1 fully saturated rings. The van der Waals surface area contributed by atoms with Gasteiger partial charge in [0.25, 0.3) is 5.91 Å². The highest BCUT2D eigenvalue weighted by atomic mass is 32.2. The van der Waals surface area contributed by atoms with E-state index in [0.29, 0.717) is 25.1 Å². The molecule has 3 rings (SSSR count). The predicted molar refractivity (Wildman–Crippen MR) is 155 cm³/mol. The Bertz CT molecular complexity index is 1360. The number of likely N-dealkylation sites (N-methyl/N-ethyl adjacent to an activating group) is 1. The fourth-order valence-corrected chi connectivity index (χ4v) is 5.67. The summed E-state index contributed by atoms with van der Waals surface area (Å²) in [6.07, 6.45) is 7.02. The quantitative estimate of drug-likeness (QED) is 0.319. The van der Waals surface area contributed by atoms with E-state index in [9.17, 15) is 22.8 Å². The molecule has 2 aromatic rings. The van der Waals surface area contributed by atoms with Crippen molar-refractivity contribution in [3.8, 4) is 0 Å². The Labute approximate surface area is 236 Å². The highest BCUT2D eigenvalue weighted by Gasteiger charge is 2.33. The number of aromatic nitrogens is 1. The van der Waals surface area contributed by atoms with Crippen LogP contribution >= 0.6 is 0 Å². The summed E-state index contributed by atoms with van der Waals surface area (Å²) in [4.78, 5) is 42.3. The van der Waals surface area contributed by atoms with Gasteiger partial charge in [0.2, 0.25) is 21.8 Å². The normalized spacial score (nSPS) is 17.6. The topological polar surface area (TPSA) is 150 Å². The average molecular weight is 573 g/mol. The molecule has 218 valence electrons. The van der Waals surface area contributed by atoms with E-state index in [1.807, 2.05) is 12.1 Å². The van der Waals surface area contributed by atoms with Gasteiger partial charge < -0.3 is 10.6 Å². The summed E-state index contributed by atoms with van der Waals surface area (Å²) in [5, 5.41) is 8.54. The van der Waals surface area contributed by atoms with Crippen LogP contribution in [-0.2, 0) is 30.8 Å². The zero-order valence-electron chi connectivity index (χ0n) is 23.7. The molecule has 3 atom stereocenters. The smallest absolute Gasteiger partial charge is 0.258 e. The summed E-state index contributed by atoms with van der Waals surface area (Å²) in [5.74, 6) is -1.96. The van der Waals surface area contributed by atoms with Crippen LogP contribution in [0.15, 0.2) is 36.5 Å². The number of amides is 3. The number of fused-ring (bicyclic) bond motifs is 1. The van der Waals surface area contributed by atoms with E-state index in [4.69, 9.17) is 0 Å². The number of nitrogens with one attached hydrogen (secondary N) is 4. The summed E-state index contributed by atoms with van der Waals surface area (Å²) in [7, 11) is -2.34. The van der Waals surface area contributed by atoms with Gasteiger partial charge in [0.05, 0.1) is 11.4 Å². The number of nitrogens with zero attached hydrogens (tertiary/aromatic N) is 2. The Morgan fingerprint density at radius 3 is 2.60 bits per heavy atom. The van der Waals surface area contributed by atoms with Gasteiger partial charge in [-0.1, -0.05) is 45.0 Å². The minimum absolute atomic E-state index is 0.223. The molecule has 0 aliphatic carbocycles. The lowest BCUT2D eigenvalue weighted by atomic mass is 10.0. The molecule has 0 bridgehead atoms. The van der Waals surface area contributed by atoms with Crippen molar-refractivity contribution in [1.29, 1.82) is 0 Å². The number of aryl methyl sites for hydroxylation is 1. The van der Waals surface area contributed by atoms with Crippen LogP contribution < -0.4 is 20.8 Å². The molecule has 2 heterocycles. The van der Waals surface area contributed by atoms with Crippen molar-refractivity contribution >= 4 is 44.6 Å². The Kier molecular flexibility index (Phi) is 10.8. The molecule has 1 unspecified atom stereocenters. The number of rotatable bonds is 11. The predicted octanol–water partition coefficient (Wildman–Crippen LogP) is 1.50. The molecule has 1 saturated heterocycles. The van der Waals surface area contributed by atoms with Crippen molar-refractivity contribution in [1.82, 2.24) is 30.8 Å². The molecule has 4 N–H and O–H groups in total. The standard InChI is InChI=1S/C28H40N6O5S/c1-6-20-11-12-21-17-30-23(16-22(21)15-20)9-8-14-40(38,39)33-25(18(2)3)27(36)31-19(4)28(37)34-13-7-10-24(32-34)26(35)29-5/h8-9,11-12,15-19,24-25,32-33H,6-7,10,13-14H2,1-5H3,(H,29,35)(H,31,36)/b9-8+/t19-,24-,25?/m0/s1. The number of benzene rings is 1. The van der Waals surface area contributed by atoms with Gasteiger partial charge in [-0.05, 0) is 55.2 Å². The number of hydrogen-bond acceptors (Lipinski definition) is 7. The third kappa shape index (κ3) is 8.33. The first-order valence-electron chi connectivity index (χ1n) is 13.6. The number of sulfonamides is 1. The van der Waals surface area contributed by atoms with Crippen LogP contribution in [0.2, 0.25) is 0 Å². The SMILES string of the molecule is CCc1ccc2cnc(/C=C/CS(=O)(=O)NC(C(=O)N[C@@H](C)C(=O)N3CCC[C@@H](C(=O)NC)N3)C(C)C)cc2c1. The van der Waals surface area contributed by atoms with Crippen LogP contribution in [0.1, 0.15) is 51.8 Å². The first-order valence-corrected chi connectivity index (χ1v) is 15.2. The summed E-state index contributed by atoms with van der Waals surface area (Å²) >= 11 is 0. The second kappa shape index (κ2) is 13.8. The molecule has 12 heteroatoms. The molecule has 1 aromatic heterocycles. The molecule has 3 amide bonds. The lowest BCUT2D eigenvalue weighted by Gasteiger charge is -2.34. The van der Waals surface area contributed by atoms with Crippen molar-refractivity contribution in [2.75, 3.05) is 19.3 Å². The second-order valence-corrected chi connectivity index (χ2v) is 12.1. The van der Waals surface area contributed by atoms with E-state index >= 15 is 0 Å². The number of hydrogen-bond donors (Lipinski definition) is 4. The van der Waals surface area contributed by atoms with Gasteiger partial charge in [0, 0.05) is 25.2 Å². The maximum absolute atomic E-state index is 13.0. The summed E-state index contributed by atoms with van der Waals surface area (Å²) in [6, 6.07) is 5.53. The summed E-state index contributed by atoms with van der Waals surface area (Å²) in [5.41, 5.74) is 4.73. The van der Waals surface area contributed by atoms with E-state index < -0.39 is 40.0 Å². The molecule has 1 aromatic carbocycles. The maximum atomic E-state index is 13.0. The lowest BCUT2D eigenvalue weighted by Crippen LogP contribution is -2.61. The third-order valence-electron chi connectivity index (χ3n) is 6.82. The molecule has 0 radical (unpaired) electrons. The number of carbonyl (C=O) groups excluding carboxylic acids is 3. The number of pyridine rings is 1. The van der Waals surface area contributed by atoms with Crippen LogP contribution in [0.5, 0.6) is 0 Å². The van der Waals surface area contributed by atoms with Crippen LogP contribution in [0, 0.1) is 5.92 Å². The summed E-state index contributed by atoms with van der Waals surface area (Å²) < 4.78 is 28.2. The zero-order valence-corrected chi connectivity index (χ0v) is 24.5. The fraction of sp³-hybridized carbons (Fsp3) is 0.500. The van der Waals surface area contributed by atoms with Gasteiger partial charge in [-0.3, -0.25) is 24.4 Å². The van der Waals surface area contributed by atoms with Crippen LogP contribution in [0.3, 0.4) is 0 Å². The van der Waals surface area contributed by atoms with Crippen molar-refractivity contribution < 1.29 is 22.8 Å². The molecule has 11 nitrogen and oxygen atoms in total. The molecule has 0 saturated carbocycles. The van der Waals surface area contributed by atoms with Gasteiger partial charge in [0.1, 0.15) is 18.1 Å². The van der Waals surface area contributed by atoms with E-state index in [1.54, 1.807) is 26.1 Å². The van der Waals surface area contributed by atoms with Crippen LogP contribution in [0.4, 0.5) is 0 Å². The van der Waals surface area contributed by atoms with Gasteiger partial charge in [0.15, 0.2) is 0 Å². The molecule has 1 aliphatic rings. The zero-order chi connectivity index (χ0) is 29.4. The molecular weight excluding hydrogens is 532 g/mol. The minimum atomic E-state index is -3.87. The average Bonchev–Trinajstić information content (AvgIpc) is 2.94. The maximum Gasteiger partial charge on any atom is 0.258 e. The van der Waals surface area contributed by atoms with E-state index in [-0.39, 0.29) is 17.6 Å². The fourth-order valence-electron chi connectivity index (χ4n) is 4.46. The highest BCUT2D eigenvalue weighted by Crippen LogP contribution is 2.17.